The van der Waals surface area contributed by atoms with Crippen LogP contribution in [0.1, 0.15) is 251 Å². The van der Waals surface area contributed by atoms with E-state index in [4.69, 9.17) is 28.4 Å². The van der Waals surface area contributed by atoms with Gasteiger partial charge in [0.2, 0.25) is 0 Å². The maximum absolute atomic E-state index is 13.1. The summed E-state index contributed by atoms with van der Waals surface area (Å²) in [6, 6.07) is 0. The first-order valence-corrected chi connectivity index (χ1v) is 31.1. The van der Waals surface area contributed by atoms with Crippen molar-refractivity contribution < 1.29 is 69.0 Å². The summed E-state index contributed by atoms with van der Waals surface area (Å²) in [6.45, 7) is 3.71. The predicted molar refractivity (Wildman–Crippen MR) is 303 cm³/mol. The van der Waals surface area contributed by atoms with Crippen molar-refractivity contribution in [1.82, 2.24) is 0 Å². The van der Waals surface area contributed by atoms with Gasteiger partial charge in [0.05, 0.1) is 26.4 Å². The largest absolute Gasteiger partial charge is 0.457 e. The Morgan fingerprint density at radius 2 is 0.816 bits per heavy atom. The predicted octanol–water partition coefficient (Wildman–Crippen LogP) is 11.7. The number of aliphatic hydroxyl groups excluding tert-OH is 7. The Morgan fingerprint density at radius 1 is 0.434 bits per heavy atom. The Morgan fingerprint density at radius 3 is 1.28 bits per heavy atom. The van der Waals surface area contributed by atoms with E-state index in [2.05, 4.69) is 50.3 Å². The van der Waals surface area contributed by atoms with E-state index in [9.17, 15) is 40.5 Å². The second kappa shape index (κ2) is 49.1. The highest BCUT2D eigenvalue weighted by atomic mass is 16.7. The lowest BCUT2D eigenvalue weighted by Gasteiger charge is -2.42. The normalized spacial score (nSPS) is 24.6. The van der Waals surface area contributed by atoms with Gasteiger partial charge in [-0.25, -0.2) is 0 Å². The summed E-state index contributed by atoms with van der Waals surface area (Å²) in [5.74, 6) is -0.378. The summed E-state index contributed by atoms with van der Waals surface area (Å²) in [6.07, 6.45) is 42.0. The Bertz CT molecular complexity index is 1400. The molecule has 2 aliphatic heterocycles. The average Bonchev–Trinajstić information content (AvgIpc) is 3.42. The van der Waals surface area contributed by atoms with Gasteiger partial charge >= 0.3 is 5.97 Å². The van der Waals surface area contributed by atoms with Gasteiger partial charge < -0.3 is 64.2 Å². The van der Waals surface area contributed by atoms with E-state index in [1.165, 1.54) is 173 Å². The zero-order valence-corrected chi connectivity index (χ0v) is 48.0. The van der Waals surface area contributed by atoms with Gasteiger partial charge in [-0.15, -0.1) is 0 Å². The summed E-state index contributed by atoms with van der Waals surface area (Å²) < 4.78 is 34.5. The smallest absolute Gasteiger partial charge is 0.306 e. The van der Waals surface area contributed by atoms with Crippen molar-refractivity contribution in [1.29, 1.82) is 0 Å². The molecule has 76 heavy (non-hydrogen) atoms. The van der Waals surface area contributed by atoms with Crippen molar-refractivity contribution in [2.75, 3.05) is 33.0 Å². The Labute approximate surface area is 461 Å². The number of allylic oxidation sites excluding steroid dienone is 6. The third kappa shape index (κ3) is 35.1. The number of hydrogen-bond donors (Lipinski definition) is 7. The minimum Gasteiger partial charge on any atom is -0.457 e. The van der Waals surface area contributed by atoms with Gasteiger partial charge in [0.15, 0.2) is 12.6 Å². The Hall–Kier alpha value is -1.79. The maximum Gasteiger partial charge on any atom is 0.306 e. The standard InChI is InChI=1S/C62H114O14/c1-3-5-7-9-11-13-15-17-19-21-23-24-25-26-27-28-30-32-34-36-38-40-42-44-46-71-48-51(74-54(64)45-43-41-39-37-35-33-31-29-22-20-18-16-14-12-10-8-6-4-2)49-72-61-60(70)58(68)56(66)53(76-61)50-73-62-59(69)57(67)55(65)52(47-63)75-62/h15,17,20-23,51-53,55-63,65-70H,3-14,16,18-19,24-50H2,1-2H3/b17-15-,22-20-,23-21-. The summed E-state index contributed by atoms with van der Waals surface area (Å²) in [5, 5.41) is 72.4. The second-order valence-electron chi connectivity index (χ2n) is 21.9. The van der Waals surface area contributed by atoms with Crippen molar-refractivity contribution in [3.63, 3.8) is 0 Å². The number of hydrogen-bond acceptors (Lipinski definition) is 14. The molecule has 0 aromatic heterocycles. The molecule has 2 saturated heterocycles. The number of esters is 1. The van der Waals surface area contributed by atoms with Crippen molar-refractivity contribution in [3.8, 4) is 0 Å². The molecule has 14 nitrogen and oxygen atoms in total. The number of unbranched alkanes of at least 4 members (excludes halogenated alkanes) is 31. The molecule has 0 amide bonds. The molecular weight excluding hydrogens is 969 g/mol. The van der Waals surface area contributed by atoms with Crippen molar-refractivity contribution in [3.05, 3.63) is 36.5 Å². The van der Waals surface area contributed by atoms with E-state index < -0.39 is 80.7 Å². The average molecular weight is 1080 g/mol. The summed E-state index contributed by atoms with van der Waals surface area (Å²) in [5.41, 5.74) is 0. The van der Waals surface area contributed by atoms with Crippen LogP contribution in [0.4, 0.5) is 0 Å². The molecule has 446 valence electrons. The van der Waals surface area contributed by atoms with Crippen molar-refractivity contribution in [2.45, 2.75) is 319 Å². The molecule has 0 aliphatic carbocycles. The summed E-state index contributed by atoms with van der Waals surface area (Å²) in [7, 11) is 0. The first-order chi connectivity index (χ1) is 37.1. The van der Waals surface area contributed by atoms with Gasteiger partial charge in [0, 0.05) is 13.0 Å². The van der Waals surface area contributed by atoms with E-state index in [-0.39, 0.29) is 25.6 Å². The zero-order valence-electron chi connectivity index (χ0n) is 48.0. The van der Waals surface area contributed by atoms with Crippen LogP contribution in [0, 0.1) is 0 Å². The number of aliphatic hydroxyl groups is 7. The van der Waals surface area contributed by atoms with Gasteiger partial charge in [-0.05, 0) is 70.6 Å². The first kappa shape index (κ1) is 70.3. The van der Waals surface area contributed by atoms with Gasteiger partial charge in [-0.2, -0.15) is 0 Å². The second-order valence-corrected chi connectivity index (χ2v) is 21.9. The molecule has 0 aromatic rings. The highest BCUT2D eigenvalue weighted by Crippen LogP contribution is 2.27. The highest BCUT2D eigenvalue weighted by Gasteiger charge is 2.47. The van der Waals surface area contributed by atoms with Gasteiger partial charge in [-0.3, -0.25) is 4.79 Å². The van der Waals surface area contributed by atoms with Gasteiger partial charge in [0.25, 0.3) is 0 Å². The summed E-state index contributed by atoms with van der Waals surface area (Å²) >= 11 is 0. The van der Waals surface area contributed by atoms with Crippen LogP contribution in [-0.2, 0) is 33.2 Å². The molecule has 11 unspecified atom stereocenters. The molecule has 0 bridgehead atoms. The van der Waals surface area contributed by atoms with Crippen LogP contribution < -0.4 is 0 Å². The third-order valence-electron chi connectivity index (χ3n) is 14.9. The summed E-state index contributed by atoms with van der Waals surface area (Å²) in [4.78, 5) is 13.1. The topological polar surface area (TPSA) is 214 Å². The van der Waals surface area contributed by atoms with E-state index in [1.54, 1.807) is 0 Å². The maximum atomic E-state index is 13.1. The van der Waals surface area contributed by atoms with Crippen LogP contribution in [0.15, 0.2) is 36.5 Å². The van der Waals surface area contributed by atoms with Crippen LogP contribution in [0.2, 0.25) is 0 Å². The van der Waals surface area contributed by atoms with Gasteiger partial charge in [-0.1, -0.05) is 211 Å². The fourth-order valence-corrected chi connectivity index (χ4v) is 9.84. The van der Waals surface area contributed by atoms with Crippen LogP contribution in [-0.4, -0.2) is 142 Å². The number of carbonyl (C=O) groups is 1. The molecule has 0 saturated carbocycles. The zero-order chi connectivity index (χ0) is 55.1. The lowest BCUT2D eigenvalue weighted by molar-refractivity contribution is -0.332. The van der Waals surface area contributed by atoms with Crippen LogP contribution >= 0.6 is 0 Å². The quantitative estimate of drug-likeness (QED) is 0.0172. The van der Waals surface area contributed by atoms with Crippen molar-refractivity contribution >= 4 is 5.97 Å². The van der Waals surface area contributed by atoms with Crippen LogP contribution in [0.5, 0.6) is 0 Å². The SMILES string of the molecule is CCCCCCC/C=C\C/C=C\CCCCCCCCCCCCCCOCC(COC1OC(COC2OC(CO)C(O)C(O)C2O)C(O)C(O)C1O)OC(=O)CCCCCCCCC/C=C\CCCCCCCCC. The molecule has 2 rings (SSSR count). The minimum atomic E-state index is -1.71. The molecule has 14 heteroatoms. The Kier molecular flexibility index (Phi) is 45.4. The highest BCUT2D eigenvalue weighted by molar-refractivity contribution is 5.69. The Balaban J connectivity index is 1.68. The van der Waals surface area contributed by atoms with Crippen LogP contribution in [0.3, 0.4) is 0 Å². The van der Waals surface area contributed by atoms with E-state index in [0.717, 1.165) is 51.4 Å². The van der Waals surface area contributed by atoms with Crippen molar-refractivity contribution in [2.24, 2.45) is 0 Å². The number of rotatable bonds is 51. The fraction of sp³-hybridized carbons (Fsp3) is 0.887. The molecule has 0 spiro atoms. The number of carbonyl (C=O) groups excluding carboxylic acids is 1. The minimum absolute atomic E-state index is 0.0609. The van der Waals surface area contributed by atoms with E-state index in [1.807, 2.05) is 0 Å². The van der Waals surface area contributed by atoms with Gasteiger partial charge in [0.1, 0.15) is 54.9 Å². The lowest BCUT2D eigenvalue weighted by atomic mass is 9.98. The molecular formula is C62H114O14. The molecule has 2 heterocycles. The monoisotopic (exact) mass is 1080 g/mol. The third-order valence-corrected chi connectivity index (χ3v) is 14.9. The first-order valence-electron chi connectivity index (χ1n) is 31.1. The molecule has 2 aliphatic rings. The lowest BCUT2D eigenvalue weighted by Crippen LogP contribution is -2.61. The molecule has 11 atom stereocenters. The molecule has 0 aromatic carbocycles. The van der Waals surface area contributed by atoms with Crippen LogP contribution in [0.25, 0.3) is 0 Å². The molecule has 0 radical (unpaired) electrons. The number of ether oxygens (including phenoxy) is 6. The van der Waals surface area contributed by atoms with E-state index in [0.29, 0.717) is 13.0 Å². The molecule has 2 fully saturated rings. The molecule has 7 N–H and O–H groups in total. The van der Waals surface area contributed by atoms with E-state index >= 15 is 0 Å². The fourth-order valence-electron chi connectivity index (χ4n) is 9.84.